The fourth-order valence-electron chi connectivity index (χ4n) is 3.10. The third-order valence-electron chi connectivity index (χ3n) is 5.02. The number of carbonyl (C=O) groups is 3. The van der Waals surface area contributed by atoms with Crippen LogP contribution in [-0.4, -0.2) is 24.3 Å². The standard InChI is InChI=1S/C24H31N3O3/c1-3-5-11-18(4-2)16-26-23(29)24(30)27-21-15-10-9-14-20(21)22(28)25-17-19-12-7-6-8-13-19/h6-10,12-15,18H,3-5,11,16-17H2,1-2H3,(H,25,28)(H,26,29)(H,27,30)/t18-/m0/s1. The Labute approximate surface area is 178 Å². The first-order valence-corrected chi connectivity index (χ1v) is 10.6. The molecule has 6 nitrogen and oxygen atoms in total. The van der Waals surface area contributed by atoms with Crippen LogP contribution in [0.3, 0.4) is 0 Å². The maximum absolute atomic E-state index is 12.6. The van der Waals surface area contributed by atoms with E-state index in [1.807, 2.05) is 30.3 Å². The summed E-state index contributed by atoms with van der Waals surface area (Å²) in [5.74, 6) is -1.42. The van der Waals surface area contributed by atoms with Gasteiger partial charge in [-0.2, -0.15) is 0 Å². The van der Waals surface area contributed by atoms with Crippen molar-refractivity contribution in [1.82, 2.24) is 10.6 Å². The molecule has 0 fully saturated rings. The number of hydrogen-bond acceptors (Lipinski definition) is 3. The zero-order valence-electron chi connectivity index (χ0n) is 17.7. The van der Waals surface area contributed by atoms with Gasteiger partial charge in [0.1, 0.15) is 0 Å². The molecule has 0 unspecified atom stereocenters. The summed E-state index contributed by atoms with van der Waals surface area (Å²) in [7, 11) is 0. The minimum Gasteiger partial charge on any atom is -0.348 e. The Bertz CT molecular complexity index is 837. The first-order chi connectivity index (χ1) is 14.5. The smallest absolute Gasteiger partial charge is 0.313 e. The number of carbonyl (C=O) groups excluding carboxylic acids is 3. The van der Waals surface area contributed by atoms with Gasteiger partial charge in [-0.05, 0) is 30.0 Å². The third kappa shape index (κ3) is 7.35. The summed E-state index contributed by atoms with van der Waals surface area (Å²) >= 11 is 0. The van der Waals surface area contributed by atoms with Crippen LogP contribution in [-0.2, 0) is 16.1 Å². The van der Waals surface area contributed by atoms with Crippen molar-refractivity contribution in [1.29, 1.82) is 0 Å². The molecule has 0 aliphatic carbocycles. The van der Waals surface area contributed by atoms with Crippen molar-refractivity contribution in [3.63, 3.8) is 0 Å². The van der Waals surface area contributed by atoms with Gasteiger partial charge in [-0.15, -0.1) is 0 Å². The van der Waals surface area contributed by atoms with Gasteiger partial charge in [-0.1, -0.05) is 75.6 Å². The average Bonchev–Trinajstić information content (AvgIpc) is 2.78. The number of hydrogen-bond donors (Lipinski definition) is 3. The summed E-state index contributed by atoms with van der Waals surface area (Å²) in [6, 6.07) is 16.2. The molecule has 1 atom stereocenters. The molecular weight excluding hydrogens is 378 g/mol. The van der Waals surface area contributed by atoms with Gasteiger partial charge < -0.3 is 16.0 Å². The second kappa shape index (κ2) is 12.4. The monoisotopic (exact) mass is 409 g/mol. The number of benzene rings is 2. The van der Waals surface area contributed by atoms with Gasteiger partial charge >= 0.3 is 11.8 Å². The number of para-hydroxylation sites is 1. The number of anilines is 1. The molecule has 0 aliphatic heterocycles. The van der Waals surface area contributed by atoms with Crippen LogP contribution in [0.15, 0.2) is 54.6 Å². The predicted octanol–water partition coefficient (Wildman–Crippen LogP) is 3.89. The highest BCUT2D eigenvalue weighted by molar-refractivity contribution is 6.40. The quantitative estimate of drug-likeness (QED) is 0.520. The van der Waals surface area contributed by atoms with Gasteiger partial charge in [0.25, 0.3) is 5.91 Å². The minimum absolute atomic E-state index is 0.307. The minimum atomic E-state index is -0.774. The number of amides is 3. The van der Waals surface area contributed by atoms with Crippen molar-refractivity contribution < 1.29 is 14.4 Å². The Morgan fingerprint density at radius 2 is 1.57 bits per heavy atom. The lowest BCUT2D eigenvalue weighted by atomic mass is 9.99. The van der Waals surface area contributed by atoms with Crippen LogP contribution in [0.2, 0.25) is 0 Å². The lowest BCUT2D eigenvalue weighted by Gasteiger charge is -2.15. The van der Waals surface area contributed by atoms with Crippen molar-refractivity contribution in [2.75, 3.05) is 11.9 Å². The van der Waals surface area contributed by atoms with E-state index in [4.69, 9.17) is 0 Å². The molecule has 160 valence electrons. The van der Waals surface area contributed by atoms with Gasteiger partial charge in [0.15, 0.2) is 0 Å². The molecule has 30 heavy (non-hydrogen) atoms. The highest BCUT2D eigenvalue weighted by Crippen LogP contribution is 2.15. The van der Waals surface area contributed by atoms with Crippen LogP contribution in [0.5, 0.6) is 0 Å². The summed E-state index contributed by atoms with van der Waals surface area (Å²) in [6.45, 7) is 5.06. The largest absolute Gasteiger partial charge is 0.348 e. The second-order valence-corrected chi connectivity index (χ2v) is 7.29. The summed E-state index contributed by atoms with van der Waals surface area (Å²) in [4.78, 5) is 37.1. The third-order valence-corrected chi connectivity index (χ3v) is 5.02. The average molecular weight is 410 g/mol. The lowest BCUT2D eigenvalue weighted by Crippen LogP contribution is -2.38. The van der Waals surface area contributed by atoms with Crippen molar-refractivity contribution in [2.24, 2.45) is 5.92 Å². The fraction of sp³-hybridized carbons (Fsp3) is 0.375. The molecule has 0 aromatic heterocycles. The van der Waals surface area contributed by atoms with Crippen molar-refractivity contribution >= 4 is 23.4 Å². The van der Waals surface area contributed by atoms with Gasteiger partial charge in [0.2, 0.25) is 0 Å². The van der Waals surface area contributed by atoms with Crippen LogP contribution in [0.4, 0.5) is 5.69 Å². The number of nitrogens with one attached hydrogen (secondary N) is 3. The van der Waals surface area contributed by atoms with Crippen molar-refractivity contribution in [3.8, 4) is 0 Å². The van der Waals surface area contributed by atoms with E-state index in [2.05, 4.69) is 29.8 Å². The van der Waals surface area contributed by atoms with E-state index in [0.717, 1.165) is 31.2 Å². The predicted molar refractivity (Wildman–Crippen MR) is 119 cm³/mol. The lowest BCUT2D eigenvalue weighted by molar-refractivity contribution is -0.136. The highest BCUT2D eigenvalue weighted by atomic mass is 16.2. The Hall–Kier alpha value is -3.15. The fourth-order valence-corrected chi connectivity index (χ4v) is 3.10. The molecule has 0 aliphatic rings. The van der Waals surface area contributed by atoms with E-state index < -0.39 is 11.8 Å². The first kappa shape index (κ1) is 23.1. The summed E-state index contributed by atoms with van der Waals surface area (Å²) in [6.07, 6.45) is 4.19. The van der Waals surface area contributed by atoms with Gasteiger partial charge in [0, 0.05) is 13.1 Å². The van der Waals surface area contributed by atoms with Crippen LogP contribution < -0.4 is 16.0 Å². The molecule has 2 rings (SSSR count). The number of unbranched alkanes of at least 4 members (excludes halogenated alkanes) is 1. The summed E-state index contributed by atoms with van der Waals surface area (Å²) in [5.41, 5.74) is 1.59. The molecule has 2 aromatic rings. The van der Waals surface area contributed by atoms with E-state index in [0.29, 0.717) is 30.3 Å². The zero-order valence-corrected chi connectivity index (χ0v) is 17.7. The molecule has 0 bridgehead atoms. The molecule has 6 heteroatoms. The molecule has 2 aromatic carbocycles. The maximum Gasteiger partial charge on any atom is 0.313 e. The zero-order chi connectivity index (χ0) is 21.8. The molecular formula is C24H31N3O3. The van der Waals surface area contributed by atoms with E-state index in [1.165, 1.54) is 0 Å². The Balaban J connectivity index is 1.93. The Morgan fingerprint density at radius 1 is 0.867 bits per heavy atom. The van der Waals surface area contributed by atoms with E-state index >= 15 is 0 Å². The first-order valence-electron chi connectivity index (χ1n) is 10.6. The van der Waals surface area contributed by atoms with Crippen molar-refractivity contribution in [2.45, 2.75) is 46.1 Å². The molecule has 3 amide bonds. The normalized spacial score (nSPS) is 11.4. The van der Waals surface area contributed by atoms with Gasteiger partial charge in [0.05, 0.1) is 11.3 Å². The summed E-state index contributed by atoms with van der Waals surface area (Å²) in [5, 5.41) is 8.10. The maximum atomic E-state index is 12.6. The molecule has 0 spiro atoms. The highest BCUT2D eigenvalue weighted by Gasteiger charge is 2.18. The Morgan fingerprint density at radius 3 is 2.27 bits per heavy atom. The van der Waals surface area contributed by atoms with Crippen LogP contribution in [0.25, 0.3) is 0 Å². The summed E-state index contributed by atoms with van der Waals surface area (Å²) < 4.78 is 0. The molecule has 0 radical (unpaired) electrons. The Kier molecular flexibility index (Phi) is 9.58. The second-order valence-electron chi connectivity index (χ2n) is 7.29. The van der Waals surface area contributed by atoms with E-state index in [-0.39, 0.29) is 5.91 Å². The van der Waals surface area contributed by atoms with Crippen LogP contribution >= 0.6 is 0 Å². The van der Waals surface area contributed by atoms with E-state index in [9.17, 15) is 14.4 Å². The van der Waals surface area contributed by atoms with Crippen molar-refractivity contribution in [3.05, 3.63) is 65.7 Å². The molecule has 3 N–H and O–H groups in total. The van der Waals surface area contributed by atoms with E-state index in [1.54, 1.807) is 24.3 Å². The van der Waals surface area contributed by atoms with Gasteiger partial charge in [-0.3, -0.25) is 14.4 Å². The van der Waals surface area contributed by atoms with Crippen LogP contribution in [0, 0.1) is 5.92 Å². The molecule has 0 saturated carbocycles. The van der Waals surface area contributed by atoms with Gasteiger partial charge in [-0.25, -0.2) is 0 Å². The number of rotatable bonds is 10. The molecule has 0 saturated heterocycles. The topological polar surface area (TPSA) is 87.3 Å². The SMILES string of the molecule is CCCC[C@H](CC)CNC(=O)C(=O)Nc1ccccc1C(=O)NCc1ccccc1. The van der Waals surface area contributed by atoms with Crippen LogP contribution in [0.1, 0.15) is 55.5 Å². The molecule has 0 heterocycles.